The van der Waals surface area contributed by atoms with Crippen molar-refractivity contribution in [2.75, 3.05) is 5.32 Å². The standard InChI is InChI=1S/C6H12N6O.ClH/c1-3(2)4(7)5(13)8-6-9-11-12-10-6;/h3-4H,7H2,1-2H3,(H2,8,9,10,11,12,13);1H. The molecule has 0 radical (unpaired) electrons. The summed E-state index contributed by atoms with van der Waals surface area (Å²) < 4.78 is 0. The molecule has 7 nitrogen and oxygen atoms in total. The summed E-state index contributed by atoms with van der Waals surface area (Å²) in [5.74, 6) is -0.0931. The third-order valence-corrected chi connectivity index (χ3v) is 1.60. The molecule has 0 aliphatic carbocycles. The molecule has 0 bridgehead atoms. The number of carbonyl (C=O) groups is 1. The van der Waals surface area contributed by atoms with Crippen LogP contribution < -0.4 is 11.1 Å². The lowest BCUT2D eigenvalue weighted by molar-refractivity contribution is -0.118. The normalized spacial score (nSPS) is 12.0. The number of nitrogens with zero attached hydrogens (tertiary/aromatic N) is 3. The number of rotatable bonds is 3. The van der Waals surface area contributed by atoms with Gasteiger partial charge in [0.25, 0.3) is 5.95 Å². The van der Waals surface area contributed by atoms with Crippen LogP contribution in [0.25, 0.3) is 0 Å². The van der Waals surface area contributed by atoms with Gasteiger partial charge in [-0.15, -0.1) is 17.5 Å². The Labute approximate surface area is 87.2 Å². The number of hydrogen-bond donors (Lipinski definition) is 3. The van der Waals surface area contributed by atoms with Gasteiger partial charge in [-0.2, -0.15) is 5.21 Å². The maximum atomic E-state index is 11.3. The summed E-state index contributed by atoms with van der Waals surface area (Å²) >= 11 is 0. The molecule has 1 aromatic heterocycles. The van der Waals surface area contributed by atoms with Crippen molar-refractivity contribution >= 4 is 24.3 Å². The van der Waals surface area contributed by atoms with Gasteiger partial charge in [0, 0.05) is 0 Å². The maximum absolute atomic E-state index is 11.3. The first-order chi connectivity index (χ1) is 6.11. The van der Waals surface area contributed by atoms with Gasteiger partial charge >= 0.3 is 0 Å². The van der Waals surface area contributed by atoms with E-state index in [-0.39, 0.29) is 30.2 Å². The number of anilines is 1. The van der Waals surface area contributed by atoms with Crippen LogP contribution in [0.15, 0.2) is 0 Å². The fourth-order valence-corrected chi connectivity index (χ4v) is 0.711. The van der Waals surface area contributed by atoms with Gasteiger partial charge in [-0.3, -0.25) is 10.1 Å². The lowest BCUT2D eigenvalue weighted by Crippen LogP contribution is -2.40. The minimum atomic E-state index is -0.557. The van der Waals surface area contributed by atoms with E-state index in [1.807, 2.05) is 13.8 Å². The predicted molar refractivity (Wildman–Crippen MR) is 52.9 cm³/mol. The van der Waals surface area contributed by atoms with E-state index in [1.165, 1.54) is 0 Å². The van der Waals surface area contributed by atoms with Crippen molar-refractivity contribution in [3.63, 3.8) is 0 Å². The van der Waals surface area contributed by atoms with Crippen LogP contribution in [0.5, 0.6) is 0 Å². The molecule has 1 amide bonds. The first-order valence-electron chi connectivity index (χ1n) is 3.91. The molecule has 0 fully saturated rings. The second kappa shape index (κ2) is 5.51. The zero-order chi connectivity index (χ0) is 9.84. The number of tetrazole rings is 1. The smallest absolute Gasteiger partial charge is 0.269 e. The minimum absolute atomic E-state index is 0. The van der Waals surface area contributed by atoms with Gasteiger partial charge in [0.2, 0.25) is 5.91 Å². The molecule has 0 spiro atoms. The molecule has 1 aromatic rings. The van der Waals surface area contributed by atoms with Crippen LogP contribution in [0, 0.1) is 5.92 Å². The first-order valence-corrected chi connectivity index (χ1v) is 3.91. The molecule has 8 heteroatoms. The van der Waals surface area contributed by atoms with Crippen LogP contribution >= 0.6 is 12.4 Å². The molecular weight excluding hydrogens is 208 g/mol. The Hall–Kier alpha value is -1.21. The highest BCUT2D eigenvalue weighted by atomic mass is 35.5. The van der Waals surface area contributed by atoms with Crippen LogP contribution in [-0.4, -0.2) is 32.6 Å². The van der Waals surface area contributed by atoms with Crippen molar-refractivity contribution < 1.29 is 4.79 Å². The summed E-state index contributed by atoms with van der Waals surface area (Å²) in [6, 6.07) is -0.557. The molecule has 0 aromatic carbocycles. The van der Waals surface area contributed by atoms with Crippen molar-refractivity contribution in [1.29, 1.82) is 0 Å². The average molecular weight is 221 g/mol. The third kappa shape index (κ3) is 3.27. The van der Waals surface area contributed by atoms with Gasteiger partial charge in [-0.25, -0.2) is 0 Å². The van der Waals surface area contributed by atoms with Crippen LogP contribution in [0.1, 0.15) is 13.8 Å². The minimum Gasteiger partial charge on any atom is -0.320 e. The van der Waals surface area contributed by atoms with Gasteiger partial charge in [0.1, 0.15) is 0 Å². The summed E-state index contributed by atoms with van der Waals surface area (Å²) in [7, 11) is 0. The first kappa shape index (κ1) is 12.8. The van der Waals surface area contributed by atoms with Crippen LogP contribution in [-0.2, 0) is 4.79 Å². The number of carbonyl (C=O) groups excluding carboxylic acids is 1. The summed E-state index contributed by atoms with van der Waals surface area (Å²) in [6.07, 6.45) is 0. The highest BCUT2D eigenvalue weighted by molar-refractivity contribution is 5.93. The second-order valence-electron chi connectivity index (χ2n) is 2.99. The molecule has 4 N–H and O–H groups in total. The topological polar surface area (TPSA) is 110 Å². The Morgan fingerprint density at radius 3 is 2.64 bits per heavy atom. The maximum Gasteiger partial charge on any atom is 0.269 e. The van der Waals surface area contributed by atoms with Gasteiger partial charge in [0.05, 0.1) is 6.04 Å². The Morgan fingerprint density at radius 2 is 2.21 bits per heavy atom. The number of H-pyrrole nitrogens is 1. The van der Waals surface area contributed by atoms with Gasteiger partial charge < -0.3 is 5.73 Å². The Morgan fingerprint density at radius 1 is 1.57 bits per heavy atom. The summed E-state index contributed by atoms with van der Waals surface area (Å²) in [5.41, 5.74) is 5.58. The zero-order valence-electron chi connectivity index (χ0n) is 7.89. The number of nitrogens with one attached hydrogen (secondary N) is 2. The Bertz CT molecular complexity index is 274. The lowest BCUT2D eigenvalue weighted by atomic mass is 10.1. The Kier molecular flexibility index (Phi) is 5.03. The van der Waals surface area contributed by atoms with Crippen LogP contribution in [0.2, 0.25) is 0 Å². The van der Waals surface area contributed by atoms with Gasteiger partial charge in [-0.1, -0.05) is 18.9 Å². The van der Waals surface area contributed by atoms with Crippen molar-refractivity contribution in [3.05, 3.63) is 0 Å². The third-order valence-electron chi connectivity index (χ3n) is 1.60. The molecule has 80 valence electrons. The summed E-state index contributed by atoms with van der Waals surface area (Å²) in [5, 5.41) is 15.1. The molecule has 0 aliphatic rings. The monoisotopic (exact) mass is 220 g/mol. The van der Waals surface area contributed by atoms with Gasteiger partial charge in [0.15, 0.2) is 0 Å². The number of nitrogens with two attached hydrogens (primary N) is 1. The van der Waals surface area contributed by atoms with E-state index in [9.17, 15) is 4.79 Å². The lowest BCUT2D eigenvalue weighted by Gasteiger charge is -2.12. The largest absolute Gasteiger partial charge is 0.320 e. The zero-order valence-corrected chi connectivity index (χ0v) is 8.71. The van der Waals surface area contributed by atoms with E-state index in [4.69, 9.17) is 5.73 Å². The molecular formula is C6H13ClN6O. The van der Waals surface area contributed by atoms with E-state index >= 15 is 0 Å². The second-order valence-corrected chi connectivity index (χ2v) is 2.99. The molecule has 1 heterocycles. The molecule has 0 aliphatic heterocycles. The van der Waals surface area contributed by atoms with Crippen LogP contribution in [0.4, 0.5) is 5.95 Å². The van der Waals surface area contributed by atoms with Crippen molar-refractivity contribution in [2.24, 2.45) is 11.7 Å². The van der Waals surface area contributed by atoms with Gasteiger partial charge in [-0.05, 0) is 11.1 Å². The van der Waals surface area contributed by atoms with E-state index in [0.29, 0.717) is 0 Å². The fourth-order valence-electron chi connectivity index (χ4n) is 0.711. The molecule has 14 heavy (non-hydrogen) atoms. The van der Waals surface area contributed by atoms with Crippen molar-refractivity contribution in [3.8, 4) is 0 Å². The molecule has 1 rings (SSSR count). The fraction of sp³-hybridized carbons (Fsp3) is 0.667. The highest BCUT2D eigenvalue weighted by Crippen LogP contribution is 2.00. The quantitative estimate of drug-likeness (QED) is 0.639. The van der Waals surface area contributed by atoms with Crippen molar-refractivity contribution in [2.45, 2.75) is 19.9 Å². The average Bonchev–Trinajstić information content (AvgIpc) is 2.55. The summed E-state index contributed by atoms with van der Waals surface area (Å²) in [6.45, 7) is 3.72. The molecule has 1 atom stereocenters. The SMILES string of the molecule is CC(C)C(N)C(=O)Nc1nn[nH]n1.Cl. The predicted octanol–water partition coefficient (Wildman–Crippen LogP) is -0.457. The Balaban J connectivity index is 0.00000169. The highest BCUT2D eigenvalue weighted by Gasteiger charge is 2.18. The molecule has 0 saturated heterocycles. The number of amides is 1. The number of aromatic nitrogens is 4. The van der Waals surface area contributed by atoms with E-state index < -0.39 is 6.04 Å². The summed E-state index contributed by atoms with van der Waals surface area (Å²) in [4.78, 5) is 11.3. The van der Waals surface area contributed by atoms with E-state index in [1.54, 1.807) is 0 Å². The van der Waals surface area contributed by atoms with E-state index in [0.717, 1.165) is 0 Å². The van der Waals surface area contributed by atoms with E-state index in [2.05, 4.69) is 25.9 Å². The molecule has 0 saturated carbocycles. The number of halogens is 1. The number of hydrogen-bond acceptors (Lipinski definition) is 5. The number of aromatic amines is 1. The van der Waals surface area contributed by atoms with Crippen LogP contribution in [0.3, 0.4) is 0 Å². The molecule has 1 unspecified atom stereocenters. The van der Waals surface area contributed by atoms with Crippen molar-refractivity contribution in [1.82, 2.24) is 20.6 Å².